The maximum Gasteiger partial charge on any atom is 0.273 e. The van der Waals surface area contributed by atoms with Gasteiger partial charge in [0.05, 0.1) is 6.10 Å². The zero-order valence-electron chi connectivity index (χ0n) is 17.8. The third-order valence-electron chi connectivity index (χ3n) is 4.82. The molecule has 1 amide bonds. The molecule has 0 spiro atoms. The Hall–Kier alpha value is -3.55. The summed E-state index contributed by atoms with van der Waals surface area (Å²) in [7, 11) is 0. The fraction of sp³-hybridized carbons (Fsp3) is 0.348. The van der Waals surface area contributed by atoms with E-state index >= 15 is 0 Å². The van der Waals surface area contributed by atoms with Crippen molar-refractivity contribution in [3.05, 3.63) is 70.4 Å². The number of aromatic nitrogens is 4. The van der Waals surface area contributed by atoms with Crippen molar-refractivity contribution in [2.45, 2.75) is 45.6 Å². The molecular weight excluding hydrogens is 394 g/mol. The largest absolute Gasteiger partial charge is 0.491 e. The highest BCUT2D eigenvalue weighted by atomic mass is 16.5. The number of amides is 1. The minimum atomic E-state index is -0.341. The number of carbonyl (C=O) groups is 1. The summed E-state index contributed by atoms with van der Waals surface area (Å²) in [5, 5.41) is 11.0. The lowest BCUT2D eigenvalue weighted by molar-refractivity contribution is -0.121. The molecule has 31 heavy (non-hydrogen) atoms. The molecule has 8 heteroatoms. The van der Waals surface area contributed by atoms with E-state index in [2.05, 4.69) is 32.4 Å². The second kappa shape index (κ2) is 11.0. The average Bonchev–Trinajstić information content (AvgIpc) is 2.79. The van der Waals surface area contributed by atoms with Gasteiger partial charge < -0.3 is 15.0 Å². The molecule has 0 aliphatic rings. The van der Waals surface area contributed by atoms with E-state index in [1.54, 1.807) is 6.20 Å². The summed E-state index contributed by atoms with van der Waals surface area (Å²) in [6.45, 7) is 4.57. The lowest BCUT2D eigenvalue weighted by Crippen LogP contribution is -2.27. The Morgan fingerprint density at radius 1 is 1.13 bits per heavy atom. The molecule has 0 bridgehead atoms. The van der Waals surface area contributed by atoms with Gasteiger partial charge in [-0.25, -0.2) is 0 Å². The van der Waals surface area contributed by atoms with Gasteiger partial charge in [0, 0.05) is 43.3 Å². The SMILES string of the molecule is CC[C@H](C)Oc1ccc(-c2nnc(CCC(=O)NCCc3ccccn3)c(=O)[nH]2)cc1. The Morgan fingerprint density at radius 3 is 2.61 bits per heavy atom. The Balaban J connectivity index is 1.51. The Labute approximate surface area is 181 Å². The zero-order valence-corrected chi connectivity index (χ0v) is 17.8. The van der Waals surface area contributed by atoms with Crippen molar-refractivity contribution in [3.63, 3.8) is 0 Å². The van der Waals surface area contributed by atoms with Crippen LogP contribution in [0, 0.1) is 0 Å². The van der Waals surface area contributed by atoms with Crippen LogP contribution < -0.4 is 15.6 Å². The molecular formula is C23H27N5O3. The van der Waals surface area contributed by atoms with E-state index in [-0.39, 0.29) is 36.1 Å². The van der Waals surface area contributed by atoms with Crippen molar-refractivity contribution in [2.75, 3.05) is 6.54 Å². The van der Waals surface area contributed by atoms with Crippen molar-refractivity contribution >= 4 is 5.91 Å². The second-order valence-electron chi connectivity index (χ2n) is 7.23. The Bertz CT molecular complexity index is 1040. The van der Waals surface area contributed by atoms with Gasteiger partial charge in [0.25, 0.3) is 5.56 Å². The minimum Gasteiger partial charge on any atom is -0.491 e. The van der Waals surface area contributed by atoms with E-state index in [1.807, 2.05) is 49.4 Å². The number of nitrogens with one attached hydrogen (secondary N) is 2. The van der Waals surface area contributed by atoms with Crippen LogP contribution in [0.5, 0.6) is 5.75 Å². The van der Waals surface area contributed by atoms with Gasteiger partial charge in [-0.2, -0.15) is 0 Å². The molecule has 3 aromatic rings. The molecule has 3 rings (SSSR count). The number of rotatable bonds is 10. The van der Waals surface area contributed by atoms with Gasteiger partial charge in [0.15, 0.2) is 5.82 Å². The molecule has 162 valence electrons. The quantitative estimate of drug-likeness (QED) is 0.521. The lowest BCUT2D eigenvalue weighted by Gasteiger charge is -2.12. The van der Waals surface area contributed by atoms with Crippen LogP contribution in [0.15, 0.2) is 53.5 Å². The molecule has 1 aromatic carbocycles. The molecule has 0 unspecified atom stereocenters. The van der Waals surface area contributed by atoms with Gasteiger partial charge >= 0.3 is 0 Å². The van der Waals surface area contributed by atoms with Gasteiger partial charge in [-0.15, -0.1) is 10.2 Å². The summed E-state index contributed by atoms with van der Waals surface area (Å²) in [6.07, 6.45) is 3.83. The van der Waals surface area contributed by atoms with Crippen LogP contribution in [0.4, 0.5) is 0 Å². The Kier molecular flexibility index (Phi) is 7.86. The standard InChI is InChI=1S/C23H27N5O3/c1-3-16(2)31-19-9-7-17(8-10-19)22-26-23(30)20(27-28-22)11-12-21(29)25-15-13-18-6-4-5-14-24-18/h4-10,14,16H,3,11-13,15H2,1-2H3,(H,25,29)(H,26,28,30)/t16-/m0/s1. The fourth-order valence-corrected chi connectivity index (χ4v) is 2.86. The summed E-state index contributed by atoms with van der Waals surface area (Å²) < 4.78 is 5.76. The molecule has 2 N–H and O–H groups in total. The normalized spacial score (nSPS) is 11.7. The number of pyridine rings is 1. The number of hydrogen-bond donors (Lipinski definition) is 2. The lowest BCUT2D eigenvalue weighted by atomic mass is 10.2. The van der Waals surface area contributed by atoms with Gasteiger partial charge in [0.1, 0.15) is 11.4 Å². The maximum absolute atomic E-state index is 12.4. The summed E-state index contributed by atoms with van der Waals surface area (Å²) in [5.74, 6) is 1.00. The monoisotopic (exact) mass is 421 g/mol. The topological polar surface area (TPSA) is 110 Å². The van der Waals surface area contributed by atoms with Crippen LogP contribution in [-0.2, 0) is 17.6 Å². The first-order chi connectivity index (χ1) is 15.0. The van der Waals surface area contributed by atoms with Gasteiger partial charge in [-0.05, 0) is 49.7 Å². The van der Waals surface area contributed by atoms with Crippen molar-refractivity contribution in [1.82, 2.24) is 25.5 Å². The number of ether oxygens (including phenoxy) is 1. The van der Waals surface area contributed by atoms with E-state index in [4.69, 9.17) is 4.74 Å². The number of carbonyl (C=O) groups excluding carboxylic acids is 1. The smallest absolute Gasteiger partial charge is 0.273 e. The molecule has 0 radical (unpaired) electrons. The summed E-state index contributed by atoms with van der Waals surface area (Å²) in [4.78, 5) is 31.3. The molecule has 0 aliphatic carbocycles. The number of benzene rings is 1. The summed E-state index contributed by atoms with van der Waals surface area (Å²) >= 11 is 0. The first kappa shape index (κ1) is 22.1. The number of H-pyrrole nitrogens is 1. The molecule has 0 saturated carbocycles. The second-order valence-corrected chi connectivity index (χ2v) is 7.23. The molecule has 8 nitrogen and oxygen atoms in total. The first-order valence-corrected chi connectivity index (χ1v) is 10.4. The third-order valence-corrected chi connectivity index (χ3v) is 4.82. The third kappa shape index (κ3) is 6.74. The molecule has 0 fully saturated rings. The minimum absolute atomic E-state index is 0.136. The highest BCUT2D eigenvalue weighted by Crippen LogP contribution is 2.19. The Morgan fingerprint density at radius 2 is 1.94 bits per heavy atom. The van der Waals surface area contributed by atoms with Crippen LogP contribution >= 0.6 is 0 Å². The number of aromatic amines is 1. The highest BCUT2D eigenvalue weighted by molar-refractivity contribution is 5.76. The van der Waals surface area contributed by atoms with E-state index in [1.165, 1.54) is 0 Å². The number of nitrogens with zero attached hydrogens (tertiary/aromatic N) is 3. The zero-order chi connectivity index (χ0) is 22.1. The summed E-state index contributed by atoms with van der Waals surface area (Å²) in [5.41, 5.74) is 1.55. The van der Waals surface area contributed by atoms with E-state index < -0.39 is 0 Å². The van der Waals surface area contributed by atoms with Gasteiger partial charge in [-0.1, -0.05) is 13.0 Å². The van der Waals surface area contributed by atoms with E-state index in [9.17, 15) is 9.59 Å². The first-order valence-electron chi connectivity index (χ1n) is 10.4. The van der Waals surface area contributed by atoms with Crippen LogP contribution in [-0.4, -0.2) is 38.7 Å². The van der Waals surface area contributed by atoms with Crippen molar-refractivity contribution in [3.8, 4) is 17.1 Å². The number of aryl methyl sites for hydroxylation is 1. The van der Waals surface area contributed by atoms with Crippen LogP contribution in [0.25, 0.3) is 11.4 Å². The van der Waals surface area contributed by atoms with Crippen molar-refractivity contribution in [1.29, 1.82) is 0 Å². The molecule has 0 aliphatic heterocycles. The van der Waals surface area contributed by atoms with Gasteiger partial charge in [0.2, 0.25) is 5.91 Å². The number of hydrogen-bond acceptors (Lipinski definition) is 6. The van der Waals surface area contributed by atoms with Crippen LogP contribution in [0.3, 0.4) is 0 Å². The highest BCUT2D eigenvalue weighted by Gasteiger charge is 2.10. The van der Waals surface area contributed by atoms with Crippen molar-refractivity contribution in [2.24, 2.45) is 0 Å². The average molecular weight is 422 g/mol. The summed E-state index contributed by atoms with van der Waals surface area (Å²) in [6, 6.07) is 13.0. The molecule has 2 heterocycles. The van der Waals surface area contributed by atoms with Crippen molar-refractivity contribution < 1.29 is 9.53 Å². The maximum atomic E-state index is 12.4. The van der Waals surface area contributed by atoms with Gasteiger partial charge in [-0.3, -0.25) is 14.6 Å². The molecule has 0 saturated heterocycles. The van der Waals surface area contributed by atoms with Crippen LogP contribution in [0.1, 0.15) is 38.1 Å². The molecule has 1 atom stereocenters. The fourth-order valence-electron chi connectivity index (χ4n) is 2.86. The van der Waals surface area contributed by atoms with E-state index in [0.717, 1.165) is 23.4 Å². The van der Waals surface area contributed by atoms with E-state index in [0.29, 0.717) is 18.8 Å². The van der Waals surface area contributed by atoms with Crippen LogP contribution in [0.2, 0.25) is 0 Å². The predicted molar refractivity (Wildman–Crippen MR) is 118 cm³/mol. The predicted octanol–water partition coefficient (Wildman–Crippen LogP) is 2.70. The molecule has 2 aromatic heterocycles.